The minimum absolute atomic E-state index is 0.0126. The van der Waals surface area contributed by atoms with Crippen LogP contribution in [0.5, 0.6) is 0 Å². The molecule has 0 bridgehead atoms. The van der Waals surface area contributed by atoms with Crippen LogP contribution in [-0.4, -0.2) is 15.9 Å². The number of amides is 1. The fourth-order valence-corrected chi connectivity index (χ4v) is 2.67. The van der Waals surface area contributed by atoms with Crippen LogP contribution in [0, 0.1) is 31.4 Å². The van der Waals surface area contributed by atoms with Crippen molar-refractivity contribution in [2.75, 3.05) is 5.43 Å². The summed E-state index contributed by atoms with van der Waals surface area (Å²) in [5, 5.41) is 0. The molecule has 1 aliphatic carbocycles. The Labute approximate surface area is 132 Å². The fourth-order valence-electron chi connectivity index (χ4n) is 2.67. The Hall–Kier alpha value is -2.57. The first kappa shape index (κ1) is 15.3. The molecule has 0 radical (unpaired) electrons. The molecule has 2 unspecified atom stereocenters. The number of rotatable bonds is 4. The highest BCUT2D eigenvalue weighted by molar-refractivity contribution is 5.83. The first-order chi connectivity index (χ1) is 11.0. The Morgan fingerprint density at radius 2 is 1.91 bits per heavy atom. The van der Waals surface area contributed by atoms with E-state index in [4.69, 9.17) is 0 Å². The molecule has 23 heavy (non-hydrogen) atoms. The number of anilines is 1. The molecule has 0 spiro atoms. The molecular weight excluding hydrogens is 302 g/mol. The van der Waals surface area contributed by atoms with Gasteiger partial charge < -0.3 is 0 Å². The third-order valence-electron chi connectivity index (χ3n) is 3.78. The maximum atomic E-state index is 13.7. The molecule has 1 aliphatic rings. The molecule has 1 amide bonds. The summed E-state index contributed by atoms with van der Waals surface area (Å²) >= 11 is 0. The van der Waals surface area contributed by atoms with Gasteiger partial charge in [0.05, 0.1) is 0 Å². The number of carbonyl (C=O) groups is 1. The van der Waals surface area contributed by atoms with Crippen molar-refractivity contribution >= 4 is 11.7 Å². The summed E-state index contributed by atoms with van der Waals surface area (Å²) in [6.07, 6.45) is 0.424. The van der Waals surface area contributed by atoms with Gasteiger partial charge in [0.25, 0.3) is 0 Å². The fraction of sp³-hybridized carbons (Fsp3) is 0.312. The van der Waals surface area contributed by atoms with Crippen molar-refractivity contribution in [2.24, 2.45) is 5.92 Å². The van der Waals surface area contributed by atoms with Gasteiger partial charge in [0, 0.05) is 29.2 Å². The van der Waals surface area contributed by atoms with Gasteiger partial charge in [-0.2, -0.15) is 0 Å². The standard InChI is InChI=1S/C16H16F2N4O/c1-8-6-14(20-9(2)19-8)21-22-16(23)11-7-10(11)15-12(17)4-3-5-13(15)18/h3-6,10-11H,7H2,1-2H3,(H,22,23)(H,19,20,21). The maximum Gasteiger partial charge on any atom is 0.242 e. The monoisotopic (exact) mass is 318 g/mol. The van der Waals surface area contributed by atoms with Crippen molar-refractivity contribution in [1.82, 2.24) is 15.4 Å². The Morgan fingerprint density at radius 3 is 2.57 bits per heavy atom. The van der Waals surface area contributed by atoms with E-state index in [0.717, 1.165) is 5.69 Å². The molecule has 2 atom stereocenters. The molecule has 3 rings (SSSR count). The molecule has 120 valence electrons. The van der Waals surface area contributed by atoms with Crippen LogP contribution in [0.2, 0.25) is 0 Å². The summed E-state index contributed by atoms with van der Waals surface area (Å²) in [6.45, 7) is 3.57. The lowest BCUT2D eigenvalue weighted by Crippen LogP contribution is -2.31. The van der Waals surface area contributed by atoms with E-state index < -0.39 is 23.5 Å². The number of nitrogens with zero attached hydrogens (tertiary/aromatic N) is 2. The first-order valence-electron chi connectivity index (χ1n) is 7.28. The number of hydrogen-bond acceptors (Lipinski definition) is 4. The molecule has 1 aromatic carbocycles. The van der Waals surface area contributed by atoms with Crippen molar-refractivity contribution in [1.29, 1.82) is 0 Å². The molecule has 1 saturated carbocycles. The van der Waals surface area contributed by atoms with Crippen LogP contribution in [-0.2, 0) is 4.79 Å². The van der Waals surface area contributed by atoms with Gasteiger partial charge in [-0.25, -0.2) is 18.7 Å². The number of halogens is 2. The summed E-state index contributed by atoms with van der Waals surface area (Å²) < 4.78 is 27.4. The van der Waals surface area contributed by atoms with Crippen LogP contribution in [0.4, 0.5) is 14.6 Å². The molecule has 2 aromatic rings. The summed E-state index contributed by atoms with van der Waals surface area (Å²) in [4.78, 5) is 20.4. The highest BCUT2D eigenvalue weighted by Crippen LogP contribution is 2.49. The van der Waals surface area contributed by atoms with Crippen LogP contribution in [0.15, 0.2) is 24.3 Å². The number of aryl methyl sites for hydroxylation is 2. The lowest BCUT2D eigenvalue weighted by Gasteiger charge is -2.09. The minimum atomic E-state index is -0.611. The van der Waals surface area contributed by atoms with E-state index in [-0.39, 0.29) is 11.5 Å². The van der Waals surface area contributed by atoms with Crippen molar-refractivity contribution in [3.05, 3.63) is 53.0 Å². The summed E-state index contributed by atoms with van der Waals surface area (Å²) in [5.41, 5.74) is 6.00. The van der Waals surface area contributed by atoms with Gasteiger partial charge in [-0.15, -0.1) is 0 Å². The predicted octanol–water partition coefficient (Wildman–Crippen LogP) is 2.62. The summed E-state index contributed by atoms with van der Waals surface area (Å²) in [6, 6.07) is 5.41. The van der Waals surface area contributed by atoms with E-state index in [1.807, 2.05) is 6.92 Å². The van der Waals surface area contributed by atoms with Gasteiger partial charge in [0.1, 0.15) is 23.3 Å². The number of benzene rings is 1. The number of hydrazine groups is 1. The SMILES string of the molecule is Cc1cc(NNC(=O)C2CC2c2c(F)cccc2F)nc(C)n1. The minimum Gasteiger partial charge on any atom is -0.282 e. The number of hydrogen-bond donors (Lipinski definition) is 2. The molecule has 0 saturated heterocycles. The average molecular weight is 318 g/mol. The van der Waals surface area contributed by atoms with Crippen LogP contribution < -0.4 is 10.9 Å². The highest BCUT2D eigenvalue weighted by atomic mass is 19.1. The predicted molar refractivity (Wildman–Crippen MR) is 80.5 cm³/mol. The van der Waals surface area contributed by atoms with Crippen molar-refractivity contribution in [3.8, 4) is 0 Å². The molecule has 1 heterocycles. The van der Waals surface area contributed by atoms with Crippen molar-refractivity contribution in [3.63, 3.8) is 0 Å². The Morgan fingerprint density at radius 1 is 1.22 bits per heavy atom. The number of aromatic nitrogens is 2. The largest absolute Gasteiger partial charge is 0.282 e. The van der Waals surface area contributed by atoms with E-state index in [0.29, 0.717) is 18.1 Å². The van der Waals surface area contributed by atoms with Crippen LogP contribution >= 0.6 is 0 Å². The maximum absolute atomic E-state index is 13.7. The van der Waals surface area contributed by atoms with Gasteiger partial charge in [-0.05, 0) is 32.4 Å². The topological polar surface area (TPSA) is 66.9 Å². The molecule has 1 fully saturated rings. The zero-order valence-electron chi connectivity index (χ0n) is 12.7. The smallest absolute Gasteiger partial charge is 0.242 e. The van der Waals surface area contributed by atoms with E-state index in [2.05, 4.69) is 20.8 Å². The second kappa shape index (κ2) is 5.91. The van der Waals surface area contributed by atoms with Crippen LogP contribution in [0.25, 0.3) is 0 Å². The van der Waals surface area contributed by atoms with Crippen molar-refractivity contribution < 1.29 is 13.6 Å². The zero-order chi connectivity index (χ0) is 16.6. The second-order valence-corrected chi connectivity index (χ2v) is 5.64. The third-order valence-corrected chi connectivity index (χ3v) is 3.78. The van der Waals surface area contributed by atoms with Crippen LogP contribution in [0.1, 0.15) is 29.4 Å². The quantitative estimate of drug-likeness (QED) is 0.851. The molecule has 0 aliphatic heterocycles. The van der Waals surface area contributed by atoms with Gasteiger partial charge in [0.2, 0.25) is 5.91 Å². The average Bonchev–Trinajstić information content (AvgIpc) is 3.24. The summed E-state index contributed by atoms with van der Waals surface area (Å²) in [5.74, 6) is -1.35. The zero-order valence-corrected chi connectivity index (χ0v) is 12.7. The van der Waals surface area contributed by atoms with Gasteiger partial charge in [0.15, 0.2) is 0 Å². The molecular formula is C16H16F2N4O. The van der Waals surface area contributed by atoms with E-state index in [9.17, 15) is 13.6 Å². The Kier molecular flexibility index (Phi) is 3.94. The van der Waals surface area contributed by atoms with Gasteiger partial charge in [-0.3, -0.25) is 15.6 Å². The lowest BCUT2D eigenvalue weighted by molar-refractivity contribution is -0.121. The molecule has 5 nitrogen and oxygen atoms in total. The second-order valence-electron chi connectivity index (χ2n) is 5.64. The Balaban J connectivity index is 1.62. The highest BCUT2D eigenvalue weighted by Gasteiger charge is 2.46. The van der Waals surface area contributed by atoms with Gasteiger partial charge >= 0.3 is 0 Å². The third kappa shape index (κ3) is 3.28. The van der Waals surface area contributed by atoms with Crippen molar-refractivity contribution in [2.45, 2.75) is 26.2 Å². The van der Waals surface area contributed by atoms with Gasteiger partial charge in [-0.1, -0.05) is 6.07 Å². The summed E-state index contributed by atoms with van der Waals surface area (Å²) in [7, 11) is 0. The normalized spacial score (nSPS) is 19.3. The molecule has 1 aromatic heterocycles. The molecule has 2 N–H and O–H groups in total. The number of nitrogens with one attached hydrogen (secondary N) is 2. The molecule has 7 heteroatoms. The first-order valence-corrected chi connectivity index (χ1v) is 7.28. The van der Waals surface area contributed by atoms with E-state index >= 15 is 0 Å². The number of carbonyl (C=O) groups excluding carboxylic acids is 1. The van der Waals surface area contributed by atoms with E-state index in [1.165, 1.54) is 18.2 Å². The van der Waals surface area contributed by atoms with E-state index in [1.54, 1.807) is 13.0 Å². The lowest BCUT2D eigenvalue weighted by atomic mass is 10.1. The Bertz CT molecular complexity index is 725. The van der Waals surface area contributed by atoms with Crippen LogP contribution in [0.3, 0.4) is 0 Å².